The summed E-state index contributed by atoms with van der Waals surface area (Å²) in [6.45, 7) is 14.3. The molecular formula is C18H32O2Si2. The van der Waals surface area contributed by atoms with Crippen LogP contribution in [0.15, 0.2) is 36.4 Å². The van der Waals surface area contributed by atoms with Crippen molar-refractivity contribution in [3.8, 4) is 0 Å². The molecule has 4 heteroatoms. The molecule has 22 heavy (non-hydrogen) atoms. The lowest BCUT2D eigenvalue weighted by atomic mass is 10.1. The Morgan fingerprint density at radius 1 is 0.909 bits per heavy atom. The third-order valence-corrected chi connectivity index (χ3v) is 4.84. The summed E-state index contributed by atoms with van der Waals surface area (Å²) < 4.78 is 12.2. The van der Waals surface area contributed by atoms with Crippen LogP contribution < -0.4 is 0 Å². The zero-order valence-corrected chi connectivity index (χ0v) is 17.1. The van der Waals surface area contributed by atoms with E-state index in [9.17, 15) is 0 Å². The van der Waals surface area contributed by atoms with Crippen LogP contribution in [-0.2, 0) is 8.85 Å². The molecule has 0 radical (unpaired) electrons. The van der Waals surface area contributed by atoms with Crippen LogP contribution in [0.5, 0.6) is 0 Å². The van der Waals surface area contributed by atoms with Crippen molar-refractivity contribution >= 4 is 22.4 Å². The fourth-order valence-corrected chi connectivity index (χ4v) is 3.63. The third-order valence-electron chi connectivity index (χ3n) is 2.94. The second kappa shape index (κ2) is 8.70. The van der Waals surface area contributed by atoms with E-state index in [0.717, 1.165) is 31.6 Å². The van der Waals surface area contributed by atoms with E-state index in [4.69, 9.17) is 8.85 Å². The SMILES string of the molecule is C[Si](C)(C)OCCCC/C=C(/O[Si](C)(C)C)c1ccccc1. The van der Waals surface area contributed by atoms with Gasteiger partial charge in [-0.05, 0) is 64.6 Å². The summed E-state index contributed by atoms with van der Waals surface area (Å²) in [4.78, 5) is 0. The van der Waals surface area contributed by atoms with E-state index in [-0.39, 0.29) is 0 Å². The van der Waals surface area contributed by atoms with Crippen molar-refractivity contribution in [2.45, 2.75) is 58.5 Å². The second-order valence-electron chi connectivity index (χ2n) is 7.61. The molecule has 0 aliphatic heterocycles. The Bertz CT molecular complexity index is 456. The summed E-state index contributed by atoms with van der Waals surface area (Å²) >= 11 is 0. The van der Waals surface area contributed by atoms with Gasteiger partial charge in [-0.25, -0.2) is 0 Å². The van der Waals surface area contributed by atoms with Gasteiger partial charge in [0.15, 0.2) is 8.32 Å². The molecule has 1 aromatic carbocycles. The van der Waals surface area contributed by atoms with E-state index in [1.807, 2.05) is 6.07 Å². The highest BCUT2D eigenvalue weighted by molar-refractivity contribution is 6.70. The van der Waals surface area contributed by atoms with Crippen molar-refractivity contribution in [2.75, 3.05) is 6.61 Å². The number of hydrogen-bond acceptors (Lipinski definition) is 2. The van der Waals surface area contributed by atoms with Crippen LogP contribution in [0.25, 0.3) is 5.76 Å². The minimum atomic E-state index is -1.59. The Morgan fingerprint density at radius 3 is 2.09 bits per heavy atom. The van der Waals surface area contributed by atoms with Gasteiger partial charge in [0.05, 0.1) is 0 Å². The number of unbranched alkanes of at least 4 members (excludes halogenated alkanes) is 2. The van der Waals surface area contributed by atoms with Crippen LogP contribution in [-0.4, -0.2) is 23.2 Å². The summed E-state index contributed by atoms with van der Waals surface area (Å²) in [5, 5.41) is 0. The molecular weight excluding hydrogens is 304 g/mol. The lowest BCUT2D eigenvalue weighted by molar-refractivity contribution is 0.301. The number of rotatable bonds is 9. The number of allylic oxidation sites excluding steroid dienone is 1. The molecule has 0 saturated heterocycles. The van der Waals surface area contributed by atoms with Gasteiger partial charge in [-0.3, -0.25) is 0 Å². The van der Waals surface area contributed by atoms with E-state index in [2.05, 4.69) is 69.6 Å². The van der Waals surface area contributed by atoms with Crippen LogP contribution in [0.4, 0.5) is 0 Å². The van der Waals surface area contributed by atoms with Crippen LogP contribution >= 0.6 is 0 Å². The Kier molecular flexibility index (Phi) is 7.59. The van der Waals surface area contributed by atoms with E-state index in [0.29, 0.717) is 0 Å². The van der Waals surface area contributed by atoms with E-state index in [1.165, 1.54) is 5.56 Å². The lowest BCUT2D eigenvalue weighted by Gasteiger charge is -2.22. The maximum absolute atomic E-state index is 6.26. The molecule has 0 atom stereocenters. The predicted molar refractivity (Wildman–Crippen MR) is 102 cm³/mol. The normalized spacial score (nSPS) is 13.3. The highest BCUT2D eigenvalue weighted by Crippen LogP contribution is 2.22. The number of benzene rings is 1. The monoisotopic (exact) mass is 336 g/mol. The molecule has 2 nitrogen and oxygen atoms in total. The van der Waals surface area contributed by atoms with Crippen molar-refractivity contribution in [1.29, 1.82) is 0 Å². The molecule has 1 aromatic rings. The molecule has 0 bridgehead atoms. The van der Waals surface area contributed by atoms with Gasteiger partial charge in [-0.1, -0.05) is 30.3 Å². The molecule has 0 unspecified atom stereocenters. The third kappa shape index (κ3) is 9.23. The molecule has 124 valence electrons. The maximum Gasteiger partial charge on any atom is 0.242 e. The molecule has 0 aliphatic carbocycles. The largest absolute Gasteiger partial charge is 0.544 e. The van der Waals surface area contributed by atoms with Gasteiger partial charge < -0.3 is 8.85 Å². The van der Waals surface area contributed by atoms with Crippen molar-refractivity contribution < 1.29 is 8.85 Å². The highest BCUT2D eigenvalue weighted by atomic mass is 28.4. The average molecular weight is 337 g/mol. The molecule has 0 saturated carbocycles. The zero-order valence-electron chi connectivity index (χ0n) is 15.1. The molecule has 0 fully saturated rings. The Labute approximate surface area is 138 Å². The summed E-state index contributed by atoms with van der Waals surface area (Å²) in [5.41, 5.74) is 1.18. The fourth-order valence-electron chi connectivity index (χ4n) is 2.01. The van der Waals surface area contributed by atoms with Gasteiger partial charge in [0.25, 0.3) is 0 Å². The lowest BCUT2D eigenvalue weighted by Crippen LogP contribution is -2.25. The van der Waals surface area contributed by atoms with Gasteiger partial charge in [0.2, 0.25) is 8.32 Å². The van der Waals surface area contributed by atoms with Crippen molar-refractivity contribution in [3.05, 3.63) is 42.0 Å². The molecule has 0 spiro atoms. The first kappa shape index (κ1) is 19.2. The predicted octanol–water partition coefficient (Wildman–Crippen LogP) is 5.90. The summed E-state index contributed by atoms with van der Waals surface area (Å²) in [7, 11) is -2.95. The van der Waals surface area contributed by atoms with E-state index < -0.39 is 16.6 Å². The molecule has 0 amide bonds. The molecule has 0 N–H and O–H groups in total. The fraction of sp³-hybridized carbons (Fsp3) is 0.556. The Balaban J connectivity index is 2.53. The van der Waals surface area contributed by atoms with Crippen LogP contribution in [0.1, 0.15) is 24.8 Å². The Hall–Kier alpha value is -0.846. The van der Waals surface area contributed by atoms with Crippen LogP contribution in [0, 0.1) is 0 Å². The standard InChI is InChI=1S/C18H32O2Si2/c1-21(2,3)19-16-12-8-11-15-18(20-22(4,5)6)17-13-9-7-10-14-17/h7,9-10,13-15H,8,11-12,16H2,1-6H3/b18-15+. The highest BCUT2D eigenvalue weighted by Gasteiger charge is 2.18. The molecule has 0 aliphatic rings. The van der Waals surface area contributed by atoms with Crippen LogP contribution in [0.3, 0.4) is 0 Å². The molecule has 0 aromatic heterocycles. The van der Waals surface area contributed by atoms with Gasteiger partial charge in [-0.2, -0.15) is 0 Å². The second-order valence-corrected chi connectivity index (χ2v) is 16.5. The zero-order chi connectivity index (χ0) is 16.6. The van der Waals surface area contributed by atoms with Crippen molar-refractivity contribution in [1.82, 2.24) is 0 Å². The quantitative estimate of drug-likeness (QED) is 0.317. The topological polar surface area (TPSA) is 18.5 Å². The Morgan fingerprint density at radius 2 is 1.55 bits per heavy atom. The smallest absolute Gasteiger partial charge is 0.242 e. The van der Waals surface area contributed by atoms with Gasteiger partial charge >= 0.3 is 0 Å². The maximum atomic E-state index is 6.26. The van der Waals surface area contributed by atoms with E-state index >= 15 is 0 Å². The van der Waals surface area contributed by atoms with Crippen molar-refractivity contribution in [2.24, 2.45) is 0 Å². The first-order chi connectivity index (χ1) is 10.2. The summed E-state index contributed by atoms with van der Waals surface area (Å²) in [6.07, 6.45) is 5.57. The van der Waals surface area contributed by atoms with E-state index in [1.54, 1.807) is 0 Å². The van der Waals surface area contributed by atoms with Crippen LogP contribution in [0.2, 0.25) is 39.3 Å². The average Bonchev–Trinajstić information content (AvgIpc) is 2.40. The summed E-state index contributed by atoms with van der Waals surface area (Å²) in [6, 6.07) is 10.4. The van der Waals surface area contributed by atoms with Gasteiger partial charge in [-0.15, -0.1) is 0 Å². The first-order valence-corrected chi connectivity index (χ1v) is 15.1. The molecule has 1 rings (SSSR count). The number of hydrogen-bond donors (Lipinski definition) is 0. The summed E-state index contributed by atoms with van der Waals surface area (Å²) in [5.74, 6) is 1.05. The van der Waals surface area contributed by atoms with Gasteiger partial charge in [0, 0.05) is 12.2 Å². The minimum absolute atomic E-state index is 0.888. The first-order valence-electron chi connectivity index (χ1n) is 8.26. The minimum Gasteiger partial charge on any atom is -0.544 e. The molecule has 0 heterocycles. The van der Waals surface area contributed by atoms with Crippen molar-refractivity contribution in [3.63, 3.8) is 0 Å². The van der Waals surface area contributed by atoms with Gasteiger partial charge in [0.1, 0.15) is 5.76 Å².